The molecule has 0 spiro atoms. The fourth-order valence-corrected chi connectivity index (χ4v) is 2.09. The van der Waals surface area contributed by atoms with Gasteiger partial charge in [-0.15, -0.1) is 10.2 Å². The number of nitrogens with zero attached hydrogens (tertiary/aromatic N) is 2. The molecule has 2 aromatic carbocycles. The van der Waals surface area contributed by atoms with Crippen molar-refractivity contribution in [1.29, 1.82) is 0 Å². The third-order valence-electron chi connectivity index (χ3n) is 3.56. The second-order valence-electron chi connectivity index (χ2n) is 5.24. The van der Waals surface area contributed by atoms with E-state index in [-0.39, 0.29) is 12.5 Å². The van der Waals surface area contributed by atoms with Crippen LogP contribution in [0.15, 0.2) is 52.9 Å². The van der Waals surface area contributed by atoms with Gasteiger partial charge >= 0.3 is 5.97 Å². The molecule has 116 valence electrons. The zero-order valence-corrected chi connectivity index (χ0v) is 12.9. The molecule has 3 aromatic rings. The van der Waals surface area contributed by atoms with Crippen LogP contribution in [0.1, 0.15) is 27.4 Å². The van der Waals surface area contributed by atoms with Gasteiger partial charge < -0.3 is 9.15 Å². The van der Waals surface area contributed by atoms with Crippen molar-refractivity contribution in [1.82, 2.24) is 10.2 Å². The summed E-state index contributed by atoms with van der Waals surface area (Å²) in [5.41, 5.74) is 3.51. The molecule has 1 aromatic heterocycles. The van der Waals surface area contributed by atoms with Crippen LogP contribution in [0.3, 0.4) is 0 Å². The van der Waals surface area contributed by atoms with Crippen LogP contribution in [-0.4, -0.2) is 16.2 Å². The molecule has 23 heavy (non-hydrogen) atoms. The van der Waals surface area contributed by atoms with Gasteiger partial charge in [-0.3, -0.25) is 0 Å². The lowest BCUT2D eigenvalue weighted by Gasteiger charge is -2.04. The van der Waals surface area contributed by atoms with Gasteiger partial charge in [0.15, 0.2) is 6.61 Å². The Balaban J connectivity index is 1.65. The maximum absolute atomic E-state index is 12.0. The molecule has 0 fully saturated rings. The Morgan fingerprint density at radius 2 is 1.83 bits per heavy atom. The van der Waals surface area contributed by atoms with E-state index in [2.05, 4.69) is 10.2 Å². The van der Waals surface area contributed by atoms with E-state index in [0.29, 0.717) is 11.5 Å². The van der Waals surface area contributed by atoms with Crippen LogP contribution in [0.25, 0.3) is 11.5 Å². The first-order valence-corrected chi connectivity index (χ1v) is 7.25. The average Bonchev–Trinajstić information content (AvgIpc) is 3.05. The third kappa shape index (κ3) is 3.45. The lowest BCUT2D eigenvalue weighted by molar-refractivity contribution is 0.0438. The van der Waals surface area contributed by atoms with Crippen LogP contribution in [-0.2, 0) is 11.3 Å². The van der Waals surface area contributed by atoms with Crippen LogP contribution in [0.5, 0.6) is 0 Å². The highest BCUT2D eigenvalue weighted by molar-refractivity contribution is 5.89. The molecule has 0 saturated heterocycles. The molecular formula is C18H16N2O3. The van der Waals surface area contributed by atoms with Crippen molar-refractivity contribution < 1.29 is 13.9 Å². The quantitative estimate of drug-likeness (QED) is 0.687. The molecule has 0 saturated carbocycles. The fourth-order valence-electron chi connectivity index (χ4n) is 2.09. The highest BCUT2D eigenvalue weighted by Crippen LogP contribution is 2.17. The minimum atomic E-state index is -0.410. The summed E-state index contributed by atoms with van der Waals surface area (Å²) in [5, 5.41) is 7.85. The number of aryl methyl sites for hydroxylation is 2. The number of rotatable bonds is 4. The van der Waals surface area contributed by atoms with Crippen molar-refractivity contribution in [2.24, 2.45) is 0 Å². The highest BCUT2D eigenvalue weighted by atomic mass is 16.5. The topological polar surface area (TPSA) is 65.2 Å². The molecule has 0 aliphatic heterocycles. The summed E-state index contributed by atoms with van der Waals surface area (Å²) in [4.78, 5) is 12.0. The summed E-state index contributed by atoms with van der Waals surface area (Å²) in [6, 6.07) is 14.9. The van der Waals surface area contributed by atoms with Crippen molar-refractivity contribution in [3.63, 3.8) is 0 Å². The van der Waals surface area contributed by atoms with Crippen LogP contribution >= 0.6 is 0 Å². The zero-order valence-electron chi connectivity index (χ0n) is 12.9. The van der Waals surface area contributed by atoms with Gasteiger partial charge in [-0.2, -0.15) is 0 Å². The lowest BCUT2D eigenvalue weighted by atomic mass is 10.1. The van der Waals surface area contributed by atoms with Crippen LogP contribution in [0, 0.1) is 13.8 Å². The molecule has 0 unspecified atom stereocenters. The Kier molecular flexibility index (Phi) is 4.19. The Morgan fingerprint density at radius 3 is 2.57 bits per heavy atom. The second kappa shape index (κ2) is 6.44. The van der Waals surface area contributed by atoms with Crippen LogP contribution < -0.4 is 0 Å². The summed E-state index contributed by atoms with van der Waals surface area (Å²) >= 11 is 0. The van der Waals surface area contributed by atoms with Gasteiger partial charge in [0, 0.05) is 5.56 Å². The Hall–Kier alpha value is -2.95. The number of ether oxygens (including phenoxy) is 1. The molecule has 5 heteroatoms. The molecule has 0 bridgehead atoms. The molecule has 0 N–H and O–H groups in total. The highest BCUT2D eigenvalue weighted by Gasteiger charge is 2.12. The van der Waals surface area contributed by atoms with Gasteiger partial charge in [0.2, 0.25) is 5.89 Å². The second-order valence-corrected chi connectivity index (χ2v) is 5.24. The predicted molar refractivity (Wildman–Crippen MR) is 84.8 cm³/mol. The molecule has 0 aliphatic carbocycles. The molecule has 3 rings (SSSR count). The van der Waals surface area contributed by atoms with Crippen molar-refractivity contribution in [2.75, 3.05) is 0 Å². The number of hydrogen-bond acceptors (Lipinski definition) is 5. The fraction of sp³-hybridized carbons (Fsp3) is 0.167. The SMILES string of the molecule is Cc1ccc(C(=O)OCc2nnc(-c3ccccc3)o2)cc1C. The molecule has 0 aliphatic rings. The maximum atomic E-state index is 12.0. The molecule has 0 radical (unpaired) electrons. The zero-order chi connectivity index (χ0) is 16.2. The van der Waals surface area contributed by atoms with Gasteiger partial charge in [-0.05, 0) is 49.2 Å². The molecular weight excluding hydrogens is 292 g/mol. The van der Waals surface area contributed by atoms with E-state index < -0.39 is 5.97 Å². The van der Waals surface area contributed by atoms with E-state index >= 15 is 0 Å². The summed E-state index contributed by atoms with van der Waals surface area (Å²) in [5.74, 6) is 0.261. The maximum Gasteiger partial charge on any atom is 0.338 e. The number of benzene rings is 2. The van der Waals surface area contributed by atoms with Crippen molar-refractivity contribution >= 4 is 5.97 Å². The summed E-state index contributed by atoms with van der Waals surface area (Å²) in [6.45, 7) is 3.90. The van der Waals surface area contributed by atoms with Gasteiger partial charge in [0.25, 0.3) is 5.89 Å². The minimum Gasteiger partial charge on any atom is -0.452 e. The third-order valence-corrected chi connectivity index (χ3v) is 3.56. The van der Waals surface area contributed by atoms with Gasteiger partial charge in [0.05, 0.1) is 5.56 Å². The lowest BCUT2D eigenvalue weighted by Crippen LogP contribution is -2.06. The predicted octanol–water partition coefficient (Wildman–Crippen LogP) is 3.71. The average molecular weight is 308 g/mol. The smallest absolute Gasteiger partial charge is 0.338 e. The number of carbonyl (C=O) groups is 1. The number of aromatic nitrogens is 2. The van der Waals surface area contributed by atoms with E-state index in [1.54, 1.807) is 12.1 Å². The van der Waals surface area contributed by atoms with E-state index in [9.17, 15) is 4.79 Å². The van der Waals surface area contributed by atoms with Gasteiger partial charge in [0.1, 0.15) is 0 Å². The summed E-state index contributed by atoms with van der Waals surface area (Å²) in [6.07, 6.45) is 0. The van der Waals surface area contributed by atoms with Gasteiger partial charge in [-0.1, -0.05) is 24.3 Å². The normalized spacial score (nSPS) is 10.5. The molecule has 5 nitrogen and oxygen atoms in total. The van der Waals surface area contributed by atoms with E-state index in [1.165, 1.54) is 0 Å². The molecule has 0 atom stereocenters. The van der Waals surface area contributed by atoms with Gasteiger partial charge in [-0.25, -0.2) is 4.79 Å². The first-order valence-electron chi connectivity index (χ1n) is 7.25. The number of esters is 1. The van der Waals surface area contributed by atoms with E-state index in [0.717, 1.165) is 16.7 Å². The van der Waals surface area contributed by atoms with Crippen LogP contribution in [0.2, 0.25) is 0 Å². The van der Waals surface area contributed by atoms with Crippen LogP contribution in [0.4, 0.5) is 0 Å². The Bertz CT molecular complexity index is 825. The van der Waals surface area contributed by atoms with E-state index in [4.69, 9.17) is 9.15 Å². The standard InChI is InChI=1S/C18H16N2O3/c1-12-8-9-15(10-13(12)2)18(21)22-11-16-19-20-17(23-16)14-6-4-3-5-7-14/h3-10H,11H2,1-2H3. The summed E-state index contributed by atoms with van der Waals surface area (Å²) in [7, 11) is 0. The monoisotopic (exact) mass is 308 g/mol. The molecule has 1 heterocycles. The summed E-state index contributed by atoms with van der Waals surface area (Å²) < 4.78 is 10.7. The Labute approximate surface area is 133 Å². The van der Waals surface area contributed by atoms with Crippen molar-refractivity contribution in [2.45, 2.75) is 20.5 Å². The first kappa shape index (κ1) is 15.0. The molecule has 0 amide bonds. The minimum absolute atomic E-state index is 0.0500. The number of carbonyl (C=O) groups excluding carboxylic acids is 1. The van der Waals surface area contributed by atoms with Crippen molar-refractivity contribution in [3.8, 4) is 11.5 Å². The number of hydrogen-bond donors (Lipinski definition) is 0. The largest absolute Gasteiger partial charge is 0.452 e. The Morgan fingerprint density at radius 1 is 1.04 bits per heavy atom. The first-order chi connectivity index (χ1) is 11.1. The van der Waals surface area contributed by atoms with E-state index in [1.807, 2.05) is 50.2 Å². The van der Waals surface area contributed by atoms with Crippen molar-refractivity contribution in [3.05, 3.63) is 71.1 Å².